The van der Waals surface area contributed by atoms with Crippen molar-refractivity contribution < 1.29 is 4.42 Å². The van der Waals surface area contributed by atoms with Crippen LogP contribution in [0.1, 0.15) is 16.8 Å². The monoisotopic (exact) mass is 400 g/mol. The van der Waals surface area contributed by atoms with Crippen LogP contribution in [0.15, 0.2) is 68.6 Å². The van der Waals surface area contributed by atoms with Crippen LogP contribution < -0.4 is 16.7 Å². The molecule has 0 amide bonds. The molecule has 0 spiro atoms. The number of hydrogen-bond acceptors (Lipinski definition) is 6. The zero-order valence-electron chi connectivity index (χ0n) is 16.2. The van der Waals surface area contributed by atoms with Crippen LogP contribution in [0.2, 0.25) is 0 Å². The van der Waals surface area contributed by atoms with Crippen LogP contribution in [0.3, 0.4) is 0 Å². The van der Waals surface area contributed by atoms with Crippen molar-refractivity contribution in [3.8, 4) is 11.4 Å². The lowest BCUT2D eigenvalue weighted by Crippen LogP contribution is -2.36. The number of aromatic amines is 1. The summed E-state index contributed by atoms with van der Waals surface area (Å²) in [5.41, 5.74) is 8.95. The molecule has 0 radical (unpaired) electrons. The molecule has 7 nitrogen and oxygen atoms in total. The van der Waals surface area contributed by atoms with Crippen LogP contribution in [-0.4, -0.2) is 21.4 Å². The van der Waals surface area contributed by atoms with Crippen molar-refractivity contribution in [3.05, 3.63) is 92.0 Å². The maximum Gasteiger partial charge on any atom is 0.255 e. The molecule has 2 aromatic carbocycles. The van der Waals surface area contributed by atoms with E-state index in [-0.39, 0.29) is 16.9 Å². The Morgan fingerprint density at radius 3 is 2.67 bits per heavy atom. The van der Waals surface area contributed by atoms with E-state index >= 15 is 0 Å². The van der Waals surface area contributed by atoms with E-state index in [4.69, 9.17) is 10.2 Å². The molecule has 5 rings (SSSR count). The van der Waals surface area contributed by atoms with Crippen LogP contribution in [0, 0.1) is 0 Å². The number of nitrogens with two attached hydrogens (primary N) is 1. The maximum absolute atomic E-state index is 12.9. The summed E-state index contributed by atoms with van der Waals surface area (Å²) in [4.78, 5) is 35.2. The number of nitrogens with one attached hydrogen (secondary N) is 1. The van der Waals surface area contributed by atoms with Gasteiger partial charge in [-0.3, -0.25) is 14.5 Å². The highest BCUT2D eigenvalue weighted by Crippen LogP contribution is 2.22. The SMILES string of the molecule is Nc1oc2ccccc2c(=O)c1CN1CCc2nc(-c3ccccc3)[nH]c(=O)c2C1. The third-order valence-electron chi connectivity index (χ3n) is 5.50. The number of benzene rings is 2. The number of H-pyrrole nitrogens is 1. The molecule has 1 aliphatic rings. The summed E-state index contributed by atoms with van der Waals surface area (Å²) in [6.07, 6.45) is 0.623. The topological polar surface area (TPSA) is 105 Å². The number of nitrogen functional groups attached to an aromatic ring is 1. The molecular formula is C23H20N4O3. The smallest absolute Gasteiger partial charge is 0.255 e. The zero-order valence-corrected chi connectivity index (χ0v) is 16.2. The summed E-state index contributed by atoms with van der Waals surface area (Å²) in [5, 5.41) is 0.506. The molecule has 0 aliphatic carbocycles. The molecule has 7 heteroatoms. The fourth-order valence-corrected chi connectivity index (χ4v) is 3.92. The molecule has 0 atom stereocenters. The first-order valence-corrected chi connectivity index (χ1v) is 9.80. The first-order chi connectivity index (χ1) is 14.6. The maximum atomic E-state index is 12.9. The van der Waals surface area contributed by atoms with Crippen molar-refractivity contribution in [2.75, 3.05) is 12.3 Å². The van der Waals surface area contributed by atoms with Gasteiger partial charge in [-0.15, -0.1) is 0 Å². The molecule has 0 saturated carbocycles. The Morgan fingerprint density at radius 1 is 1.07 bits per heavy atom. The van der Waals surface area contributed by atoms with Crippen molar-refractivity contribution in [1.29, 1.82) is 0 Å². The molecule has 2 aromatic heterocycles. The average molecular weight is 400 g/mol. The first kappa shape index (κ1) is 18.3. The molecule has 0 saturated heterocycles. The standard InChI is InChI=1S/C23H20N4O3/c24-21-17(20(28)15-8-4-5-9-19(15)30-21)13-27-11-10-18-16(12-27)23(29)26-22(25-18)14-6-2-1-3-7-14/h1-9H,10-13,24H2,(H,25,26,29). The summed E-state index contributed by atoms with van der Waals surface area (Å²) >= 11 is 0. The molecule has 0 fully saturated rings. The predicted molar refractivity (Wildman–Crippen MR) is 115 cm³/mol. The van der Waals surface area contributed by atoms with Gasteiger partial charge in [0.2, 0.25) is 0 Å². The molecule has 1 aliphatic heterocycles. The molecule has 0 bridgehead atoms. The van der Waals surface area contributed by atoms with E-state index < -0.39 is 0 Å². The van der Waals surface area contributed by atoms with Crippen LogP contribution >= 0.6 is 0 Å². The molecule has 0 unspecified atom stereocenters. The highest BCUT2D eigenvalue weighted by molar-refractivity contribution is 5.78. The van der Waals surface area contributed by atoms with Crippen molar-refractivity contribution in [2.45, 2.75) is 19.5 Å². The van der Waals surface area contributed by atoms with Crippen molar-refractivity contribution in [3.63, 3.8) is 0 Å². The zero-order chi connectivity index (χ0) is 20.7. The number of nitrogens with zero attached hydrogens (tertiary/aromatic N) is 2. The Hall–Kier alpha value is -3.71. The van der Waals surface area contributed by atoms with E-state index in [1.54, 1.807) is 24.3 Å². The van der Waals surface area contributed by atoms with Crippen molar-refractivity contribution >= 4 is 16.9 Å². The second-order valence-electron chi connectivity index (χ2n) is 7.44. The minimum atomic E-state index is -0.151. The fraction of sp³-hybridized carbons (Fsp3) is 0.174. The summed E-state index contributed by atoms with van der Waals surface area (Å²) in [6, 6.07) is 16.6. The van der Waals surface area contributed by atoms with Gasteiger partial charge in [0, 0.05) is 31.6 Å². The van der Waals surface area contributed by atoms with E-state index in [1.165, 1.54) is 0 Å². The molecular weight excluding hydrogens is 380 g/mol. The molecule has 4 aromatic rings. The fourth-order valence-electron chi connectivity index (χ4n) is 3.92. The lowest BCUT2D eigenvalue weighted by molar-refractivity contribution is 0.240. The number of anilines is 1. The van der Waals surface area contributed by atoms with Gasteiger partial charge in [0.25, 0.3) is 5.56 Å². The van der Waals surface area contributed by atoms with E-state index in [0.29, 0.717) is 54.0 Å². The van der Waals surface area contributed by atoms with Gasteiger partial charge in [-0.05, 0) is 12.1 Å². The predicted octanol–water partition coefficient (Wildman–Crippen LogP) is 2.68. The summed E-state index contributed by atoms with van der Waals surface area (Å²) in [5.74, 6) is 0.697. The first-order valence-electron chi connectivity index (χ1n) is 9.80. The minimum Gasteiger partial charge on any atom is -0.440 e. The Labute approximate surface area is 171 Å². The van der Waals surface area contributed by atoms with Gasteiger partial charge < -0.3 is 15.1 Å². The van der Waals surface area contributed by atoms with Crippen LogP contribution in [-0.2, 0) is 19.5 Å². The van der Waals surface area contributed by atoms with E-state index in [0.717, 1.165) is 11.3 Å². The quantitative estimate of drug-likeness (QED) is 0.548. The van der Waals surface area contributed by atoms with E-state index in [9.17, 15) is 9.59 Å². The normalized spacial score (nSPS) is 14.0. The van der Waals surface area contributed by atoms with Gasteiger partial charge in [0.05, 0.1) is 22.2 Å². The summed E-state index contributed by atoms with van der Waals surface area (Å²) in [7, 11) is 0. The molecule has 150 valence electrons. The van der Waals surface area contributed by atoms with Gasteiger partial charge >= 0.3 is 0 Å². The largest absolute Gasteiger partial charge is 0.440 e. The van der Waals surface area contributed by atoms with Gasteiger partial charge in [-0.1, -0.05) is 42.5 Å². The van der Waals surface area contributed by atoms with Gasteiger partial charge in [-0.25, -0.2) is 4.98 Å². The highest BCUT2D eigenvalue weighted by Gasteiger charge is 2.24. The lowest BCUT2D eigenvalue weighted by atomic mass is 10.0. The number of hydrogen-bond donors (Lipinski definition) is 2. The van der Waals surface area contributed by atoms with Gasteiger partial charge in [0.15, 0.2) is 11.3 Å². The summed E-state index contributed by atoms with van der Waals surface area (Å²) in [6.45, 7) is 1.39. The Kier molecular flexibility index (Phi) is 4.44. The molecule has 3 heterocycles. The lowest BCUT2D eigenvalue weighted by Gasteiger charge is -2.27. The van der Waals surface area contributed by atoms with Gasteiger partial charge in [0.1, 0.15) is 11.4 Å². The minimum absolute atomic E-state index is 0.121. The van der Waals surface area contributed by atoms with Crippen LogP contribution in [0.5, 0.6) is 0 Å². The number of rotatable bonds is 3. The third kappa shape index (κ3) is 3.19. The average Bonchev–Trinajstić information content (AvgIpc) is 2.77. The number of fused-ring (bicyclic) bond motifs is 2. The van der Waals surface area contributed by atoms with Crippen LogP contribution in [0.25, 0.3) is 22.4 Å². The van der Waals surface area contributed by atoms with Crippen molar-refractivity contribution in [1.82, 2.24) is 14.9 Å². The van der Waals surface area contributed by atoms with E-state index in [1.807, 2.05) is 35.2 Å². The van der Waals surface area contributed by atoms with Crippen LogP contribution in [0.4, 0.5) is 5.88 Å². The number of para-hydroxylation sites is 1. The summed E-state index contributed by atoms with van der Waals surface area (Å²) < 4.78 is 5.64. The number of aromatic nitrogens is 2. The Bertz CT molecular complexity index is 1360. The Morgan fingerprint density at radius 2 is 1.83 bits per heavy atom. The molecule has 30 heavy (non-hydrogen) atoms. The second-order valence-corrected chi connectivity index (χ2v) is 7.44. The Balaban J connectivity index is 1.45. The third-order valence-corrected chi connectivity index (χ3v) is 5.50. The van der Waals surface area contributed by atoms with Crippen molar-refractivity contribution in [2.24, 2.45) is 0 Å². The highest BCUT2D eigenvalue weighted by atomic mass is 16.3. The second kappa shape index (κ2) is 7.27. The van der Waals surface area contributed by atoms with E-state index in [2.05, 4.69) is 9.97 Å². The van der Waals surface area contributed by atoms with Gasteiger partial charge in [-0.2, -0.15) is 0 Å². The molecule has 3 N–H and O–H groups in total.